The molecular weight excluding hydrogens is 314 g/mol. The van der Waals surface area contributed by atoms with Crippen LogP contribution in [0.4, 0.5) is 0 Å². The lowest BCUT2D eigenvalue weighted by Crippen LogP contribution is -2.41. The van der Waals surface area contributed by atoms with Gasteiger partial charge < -0.3 is 20.5 Å². The molecule has 0 radical (unpaired) electrons. The number of aliphatic imine (C=N–C) groups is 1. The van der Waals surface area contributed by atoms with E-state index in [0.29, 0.717) is 12.0 Å². The Morgan fingerprint density at radius 3 is 2.56 bits per heavy atom. The highest BCUT2D eigenvalue weighted by Crippen LogP contribution is 2.48. The van der Waals surface area contributed by atoms with E-state index >= 15 is 0 Å². The van der Waals surface area contributed by atoms with Gasteiger partial charge >= 0.3 is 0 Å². The van der Waals surface area contributed by atoms with Crippen molar-refractivity contribution in [2.75, 3.05) is 32.8 Å². The van der Waals surface area contributed by atoms with Crippen molar-refractivity contribution < 1.29 is 9.84 Å². The summed E-state index contributed by atoms with van der Waals surface area (Å²) in [5.74, 6) is 0.765. The zero-order chi connectivity index (χ0) is 18.2. The van der Waals surface area contributed by atoms with Crippen LogP contribution in [0.2, 0.25) is 0 Å². The van der Waals surface area contributed by atoms with Crippen LogP contribution in [0.3, 0.4) is 0 Å². The summed E-state index contributed by atoms with van der Waals surface area (Å²) >= 11 is 0. The fraction of sp³-hybridized carbons (Fsp3) is 0.650. The molecule has 1 unspecified atom stereocenters. The molecule has 0 saturated heterocycles. The van der Waals surface area contributed by atoms with Gasteiger partial charge in [0.05, 0.1) is 6.54 Å². The topological polar surface area (TPSA) is 65.9 Å². The SMILES string of the molecule is CCNC(=NCC(C)(O)c1ccccc1)NCC1(CCOCC)CC1. The van der Waals surface area contributed by atoms with Gasteiger partial charge in [-0.25, -0.2) is 4.99 Å². The number of nitrogens with one attached hydrogen (secondary N) is 2. The van der Waals surface area contributed by atoms with Crippen molar-refractivity contribution in [1.82, 2.24) is 10.6 Å². The molecule has 5 nitrogen and oxygen atoms in total. The zero-order valence-electron chi connectivity index (χ0n) is 15.8. The Labute approximate surface area is 151 Å². The van der Waals surface area contributed by atoms with Crippen LogP contribution in [0, 0.1) is 5.41 Å². The van der Waals surface area contributed by atoms with Crippen LogP contribution in [0.25, 0.3) is 0 Å². The molecule has 0 spiro atoms. The van der Waals surface area contributed by atoms with Gasteiger partial charge in [-0.05, 0) is 51.0 Å². The monoisotopic (exact) mass is 347 g/mol. The van der Waals surface area contributed by atoms with E-state index in [1.807, 2.05) is 37.3 Å². The number of ether oxygens (including phenoxy) is 1. The Morgan fingerprint density at radius 2 is 1.96 bits per heavy atom. The Hall–Kier alpha value is -1.59. The maximum Gasteiger partial charge on any atom is 0.191 e. The number of guanidine groups is 1. The molecule has 0 aliphatic heterocycles. The molecule has 1 aromatic rings. The minimum atomic E-state index is -0.976. The summed E-state index contributed by atoms with van der Waals surface area (Å²) < 4.78 is 5.50. The molecule has 0 amide bonds. The average Bonchev–Trinajstić information content (AvgIpc) is 3.39. The van der Waals surface area contributed by atoms with Crippen molar-refractivity contribution in [3.63, 3.8) is 0 Å². The van der Waals surface area contributed by atoms with Crippen LogP contribution in [0.5, 0.6) is 0 Å². The van der Waals surface area contributed by atoms with Crippen molar-refractivity contribution in [1.29, 1.82) is 0 Å². The molecule has 5 heteroatoms. The average molecular weight is 348 g/mol. The lowest BCUT2D eigenvalue weighted by atomic mass is 9.96. The predicted octanol–water partition coefficient (Wildman–Crippen LogP) is 2.66. The van der Waals surface area contributed by atoms with E-state index in [-0.39, 0.29) is 0 Å². The molecule has 1 aliphatic carbocycles. The van der Waals surface area contributed by atoms with Crippen LogP contribution in [-0.4, -0.2) is 43.9 Å². The standard InChI is InChI=1S/C20H33N3O2/c1-4-21-18(23-16-20(11-12-20)13-14-25-5-2)22-15-19(3,24)17-9-7-6-8-10-17/h6-10,24H,4-5,11-16H2,1-3H3,(H2,21,22,23). The Morgan fingerprint density at radius 1 is 1.24 bits per heavy atom. The molecular formula is C20H33N3O2. The minimum Gasteiger partial charge on any atom is -0.384 e. The van der Waals surface area contributed by atoms with Crippen LogP contribution < -0.4 is 10.6 Å². The summed E-state index contributed by atoms with van der Waals surface area (Å²) in [6, 6.07) is 9.69. The van der Waals surface area contributed by atoms with E-state index in [1.165, 1.54) is 12.8 Å². The Kier molecular flexibility index (Phi) is 7.26. The highest BCUT2D eigenvalue weighted by atomic mass is 16.5. The first-order chi connectivity index (χ1) is 12.0. The largest absolute Gasteiger partial charge is 0.384 e. The lowest BCUT2D eigenvalue weighted by Gasteiger charge is -2.23. The third-order valence-corrected chi connectivity index (χ3v) is 4.85. The number of nitrogens with zero attached hydrogens (tertiary/aromatic N) is 1. The van der Waals surface area contributed by atoms with Crippen LogP contribution >= 0.6 is 0 Å². The third-order valence-electron chi connectivity index (χ3n) is 4.85. The van der Waals surface area contributed by atoms with Crippen molar-refractivity contribution in [3.8, 4) is 0 Å². The highest BCUT2D eigenvalue weighted by Gasteiger charge is 2.42. The molecule has 1 atom stereocenters. The molecule has 0 bridgehead atoms. The first-order valence-electron chi connectivity index (χ1n) is 9.39. The minimum absolute atomic E-state index is 0.318. The third kappa shape index (κ3) is 6.33. The van der Waals surface area contributed by atoms with Gasteiger partial charge in [-0.15, -0.1) is 0 Å². The van der Waals surface area contributed by atoms with E-state index < -0.39 is 5.60 Å². The second-order valence-electron chi connectivity index (χ2n) is 7.14. The van der Waals surface area contributed by atoms with Crippen LogP contribution in [0.15, 0.2) is 35.3 Å². The van der Waals surface area contributed by atoms with Crippen molar-refractivity contribution in [2.45, 2.75) is 45.6 Å². The summed E-state index contributed by atoms with van der Waals surface area (Å²) in [5.41, 5.74) is 0.258. The second kappa shape index (κ2) is 9.20. The van der Waals surface area contributed by atoms with Gasteiger partial charge in [0.25, 0.3) is 0 Å². The Balaban J connectivity index is 1.90. The fourth-order valence-electron chi connectivity index (χ4n) is 2.86. The molecule has 1 saturated carbocycles. The molecule has 0 heterocycles. The number of hydrogen-bond acceptors (Lipinski definition) is 3. The second-order valence-corrected chi connectivity index (χ2v) is 7.14. The first-order valence-corrected chi connectivity index (χ1v) is 9.39. The van der Waals surface area contributed by atoms with E-state index in [9.17, 15) is 5.11 Å². The summed E-state index contributed by atoms with van der Waals surface area (Å²) in [7, 11) is 0. The van der Waals surface area contributed by atoms with Crippen molar-refractivity contribution in [3.05, 3.63) is 35.9 Å². The smallest absolute Gasteiger partial charge is 0.191 e. The van der Waals surface area contributed by atoms with Crippen molar-refractivity contribution >= 4 is 5.96 Å². The molecule has 1 fully saturated rings. The van der Waals surface area contributed by atoms with E-state index in [0.717, 1.165) is 44.2 Å². The van der Waals surface area contributed by atoms with Crippen LogP contribution in [0.1, 0.15) is 45.6 Å². The van der Waals surface area contributed by atoms with Gasteiger partial charge in [0.1, 0.15) is 5.60 Å². The number of benzene rings is 1. The van der Waals surface area contributed by atoms with Gasteiger partial charge in [0.15, 0.2) is 5.96 Å². The van der Waals surface area contributed by atoms with Gasteiger partial charge in [-0.2, -0.15) is 0 Å². The number of hydrogen-bond donors (Lipinski definition) is 3. The summed E-state index contributed by atoms with van der Waals surface area (Å²) in [6.07, 6.45) is 3.58. The molecule has 1 aliphatic rings. The highest BCUT2D eigenvalue weighted by molar-refractivity contribution is 5.79. The summed E-state index contributed by atoms with van der Waals surface area (Å²) in [5, 5.41) is 17.4. The molecule has 140 valence electrons. The fourth-order valence-corrected chi connectivity index (χ4v) is 2.86. The summed E-state index contributed by atoms with van der Waals surface area (Å²) in [4.78, 5) is 4.60. The molecule has 0 aromatic heterocycles. The summed E-state index contributed by atoms with van der Waals surface area (Å²) in [6.45, 7) is 9.51. The quantitative estimate of drug-likeness (QED) is 0.346. The maximum atomic E-state index is 10.7. The van der Waals surface area contributed by atoms with Gasteiger partial charge in [-0.1, -0.05) is 30.3 Å². The first kappa shape index (κ1) is 19.7. The number of aliphatic hydroxyl groups is 1. The molecule has 1 aromatic carbocycles. The molecule has 25 heavy (non-hydrogen) atoms. The van der Waals surface area contributed by atoms with Crippen LogP contribution in [-0.2, 0) is 10.3 Å². The van der Waals surface area contributed by atoms with Gasteiger partial charge in [0.2, 0.25) is 0 Å². The predicted molar refractivity (Wildman–Crippen MR) is 103 cm³/mol. The van der Waals surface area contributed by atoms with Crippen molar-refractivity contribution in [2.24, 2.45) is 10.4 Å². The Bertz CT molecular complexity index is 539. The number of rotatable bonds is 10. The van der Waals surface area contributed by atoms with E-state index in [2.05, 4.69) is 22.5 Å². The molecule has 2 rings (SSSR count). The molecule has 3 N–H and O–H groups in total. The van der Waals surface area contributed by atoms with Gasteiger partial charge in [-0.3, -0.25) is 0 Å². The lowest BCUT2D eigenvalue weighted by molar-refractivity contribution is 0.0672. The van der Waals surface area contributed by atoms with E-state index in [1.54, 1.807) is 6.92 Å². The maximum absolute atomic E-state index is 10.7. The zero-order valence-corrected chi connectivity index (χ0v) is 15.8. The normalized spacial score (nSPS) is 18.5. The van der Waals surface area contributed by atoms with Gasteiger partial charge in [0, 0.05) is 26.3 Å². The van der Waals surface area contributed by atoms with E-state index in [4.69, 9.17) is 4.74 Å².